The molecule has 2 rings (SSSR count). The zero-order valence-corrected chi connectivity index (χ0v) is 13.8. The smallest absolute Gasteiger partial charge is 0.242 e. The van der Waals surface area contributed by atoms with Crippen LogP contribution >= 0.6 is 11.6 Å². The topological polar surface area (TPSA) is 61.4 Å². The van der Waals surface area contributed by atoms with Gasteiger partial charge in [-0.05, 0) is 38.4 Å². The van der Waals surface area contributed by atoms with Crippen LogP contribution in [-0.4, -0.2) is 42.9 Å². The summed E-state index contributed by atoms with van der Waals surface area (Å²) in [6, 6.07) is 4.00. The number of hydrogen-bond acceptors (Lipinski definition) is 3. The molecule has 2 amide bonds. The Balaban J connectivity index is 1.88. The van der Waals surface area contributed by atoms with Crippen molar-refractivity contribution in [3.63, 3.8) is 0 Å². The highest BCUT2D eigenvalue weighted by Gasteiger charge is 2.23. The van der Waals surface area contributed by atoms with Gasteiger partial charge in [0.1, 0.15) is 11.9 Å². The summed E-state index contributed by atoms with van der Waals surface area (Å²) in [7, 11) is 1.70. The standard InChI is InChI=1S/C16H21ClFN3O2/c1-21(9-11-12(17)5-4-6-13(11)18)10-15(22)20-14-7-2-3-8-19-16(14)23/h4-6,14H,2-3,7-10H2,1H3,(H,19,23)(H,20,22)/t14-/m0/s1. The van der Waals surface area contributed by atoms with Gasteiger partial charge in [-0.1, -0.05) is 17.7 Å². The van der Waals surface area contributed by atoms with Crippen LogP contribution in [0.3, 0.4) is 0 Å². The van der Waals surface area contributed by atoms with Crippen LogP contribution in [0.1, 0.15) is 24.8 Å². The summed E-state index contributed by atoms with van der Waals surface area (Å²) in [5.41, 5.74) is 0.358. The second kappa shape index (κ2) is 8.26. The van der Waals surface area contributed by atoms with Crippen LogP contribution in [-0.2, 0) is 16.1 Å². The van der Waals surface area contributed by atoms with Crippen molar-refractivity contribution in [1.82, 2.24) is 15.5 Å². The normalized spacial score (nSPS) is 18.4. The van der Waals surface area contributed by atoms with Crippen LogP contribution in [0.4, 0.5) is 4.39 Å². The summed E-state index contributed by atoms with van der Waals surface area (Å²) in [4.78, 5) is 25.6. The van der Waals surface area contributed by atoms with Gasteiger partial charge in [-0.15, -0.1) is 0 Å². The molecule has 2 N–H and O–H groups in total. The van der Waals surface area contributed by atoms with Crippen LogP contribution < -0.4 is 10.6 Å². The number of carbonyl (C=O) groups is 2. The van der Waals surface area contributed by atoms with Crippen molar-refractivity contribution in [3.05, 3.63) is 34.6 Å². The Labute approximate surface area is 140 Å². The molecule has 0 spiro atoms. The van der Waals surface area contributed by atoms with Gasteiger partial charge in [-0.3, -0.25) is 14.5 Å². The molecule has 1 atom stereocenters. The third-order valence-electron chi connectivity index (χ3n) is 3.77. The first kappa shape index (κ1) is 17.7. The van der Waals surface area contributed by atoms with Crippen LogP contribution in [0.15, 0.2) is 18.2 Å². The maximum Gasteiger partial charge on any atom is 0.242 e. The number of halogens is 2. The third-order valence-corrected chi connectivity index (χ3v) is 4.13. The summed E-state index contributed by atoms with van der Waals surface area (Å²) >= 11 is 5.98. The molecule has 0 aromatic heterocycles. The van der Waals surface area contributed by atoms with Crippen molar-refractivity contribution in [3.8, 4) is 0 Å². The molecule has 0 bridgehead atoms. The fourth-order valence-electron chi connectivity index (χ4n) is 2.57. The van der Waals surface area contributed by atoms with Gasteiger partial charge in [-0.25, -0.2) is 4.39 Å². The lowest BCUT2D eigenvalue weighted by molar-refractivity contribution is -0.129. The molecule has 1 aromatic carbocycles. The quantitative estimate of drug-likeness (QED) is 0.857. The Morgan fingerprint density at radius 1 is 1.48 bits per heavy atom. The van der Waals surface area contributed by atoms with Crippen molar-refractivity contribution >= 4 is 23.4 Å². The van der Waals surface area contributed by atoms with E-state index in [9.17, 15) is 14.0 Å². The number of likely N-dealkylation sites (N-methyl/N-ethyl adjacent to an activating group) is 1. The monoisotopic (exact) mass is 341 g/mol. The summed E-state index contributed by atoms with van der Waals surface area (Å²) in [5, 5.41) is 5.84. The Morgan fingerprint density at radius 2 is 2.26 bits per heavy atom. The molecule has 0 saturated carbocycles. The van der Waals surface area contributed by atoms with Crippen LogP contribution in [0.25, 0.3) is 0 Å². The van der Waals surface area contributed by atoms with Gasteiger partial charge in [-0.2, -0.15) is 0 Å². The highest BCUT2D eigenvalue weighted by Crippen LogP contribution is 2.20. The minimum atomic E-state index is -0.490. The lowest BCUT2D eigenvalue weighted by Crippen LogP contribution is -2.48. The number of carbonyl (C=O) groups excluding carboxylic acids is 2. The highest BCUT2D eigenvalue weighted by atomic mass is 35.5. The van der Waals surface area contributed by atoms with Crippen molar-refractivity contribution in [2.75, 3.05) is 20.1 Å². The molecule has 1 heterocycles. The van der Waals surface area contributed by atoms with Crippen molar-refractivity contribution in [2.24, 2.45) is 0 Å². The highest BCUT2D eigenvalue weighted by molar-refractivity contribution is 6.31. The molecule has 5 nitrogen and oxygen atoms in total. The van der Waals surface area contributed by atoms with Gasteiger partial charge >= 0.3 is 0 Å². The van der Waals surface area contributed by atoms with Gasteiger partial charge in [0.25, 0.3) is 0 Å². The summed E-state index contributed by atoms with van der Waals surface area (Å²) in [6.07, 6.45) is 2.45. The Bertz CT molecular complexity index is 562. The van der Waals surface area contributed by atoms with E-state index < -0.39 is 11.9 Å². The molecule has 7 heteroatoms. The summed E-state index contributed by atoms with van der Waals surface area (Å²) in [6.45, 7) is 0.932. The van der Waals surface area contributed by atoms with Crippen molar-refractivity contribution < 1.29 is 14.0 Å². The molecule has 0 radical (unpaired) electrons. The summed E-state index contributed by atoms with van der Waals surface area (Å²) < 4.78 is 13.8. The molecule has 23 heavy (non-hydrogen) atoms. The van der Waals surface area contributed by atoms with E-state index in [0.29, 0.717) is 23.6 Å². The van der Waals surface area contributed by atoms with E-state index in [4.69, 9.17) is 11.6 Å². The van der Waals surface area contributed by atoms with Crippen LogP contribution in [0.2, 0.25) is 5.02 Å². The van der Waals surface area contributed by atoms with Crippen LogP contribution in [0.5, 0.6) is 0 Å². The van der Waals surface area contributed by atoms with E-state index in [1.54, 1.807) is 24.1 Å². The molecule has 1 aromatic rings. The van der Waals surface area contributed by atoms with E-state index >= 15 is 0 Å². The maximum atomic E-state index is 13.8. The maximum absolute atomic E-state index is 13.8. The predicted molar refractivity (Wildman–Crippen MR) is 86.5 cm³/mol. The number of nitrogens with one attached hydrogen (secondary N) is 2. The number of amides is 2. The molecule has 1 saturated heterocycles. The van der Waals surface area contributed by atoms with E-state index in [1.807, 2.05) is 0 Å². The molecule has 126 valence electrons. The first-order valence-corrected chi connectivity index (χ1v) is 8.03. The molecular weight excluding hydrogens is 321 g/mol. The van der Waals surface area contributed by atoms with E-state index in [2.05, 4.69) is 10.6 Å². The predicted octanol–water partition coefficient (Wildman–Crippen LogP) is 1.70. The minimum Gasteiger partial charge on any atom is -0.354 e. The zero-order chi connectivity index (χ0) is 16.8. The number of rotatable bonds is 5. The Kier molecular flexibility index (Phi) is 6.36. The fourth-order valence-corrected chi connectivity index (χ4v) is 2.79. The Hall–Kier alpha value is -1.66. The molecule has 1 aliphatic rings. The number of nitrogens with zero attached hydrogens (tertiary/aromatic N) is 1. The first-order valence-electron chi connectivity index (χ1n) is 7.66. The van der Waals surface area contributed by atoms with Crippen LogP contribution in [0, 0.1) is 5.82 Å². The Morgan fingerprint density at radius 3 is 3.00 bits per heavy atom. The van der Waals surface area contributed by atoms with E-state index in [0.717, 1.165) is 12.8 Å². The van der Waals surface area contributed by atoms with Crippen molar-refractivity contribution in [2.45, 2.75) is 31.8 Å². The van der Waals surface area contributed by atoms with Gasteiger partial charge < -0.3 is 10.6 Å². The van der Waals surface area contributed by atoms with Gasteiger partial charge in [0.05, 0.1) is 6.54 Å². The van der Waals surface area contributed by atoms with E-state index in [1.165, 1.54) is 6.07 Å². The molecule has 1 fully saturated rings. The summed E-state index contributed by atoms with van der Waals surface area (Å²) in [5.74, 6) is -0.800. The molecule has 1 aliphatic heterocycles. The molecule has 0 aliphatic carbocycles. The SMILES string of the molecule is CN(CC(=O)N[C@H]1CCCCNC1=O)Cc1c(F)cccc1Cl. The van der Waals surface area contributed by atoms with Gasteiger partial charge in [0.2, 0.25) is 11.8 Å². The average Bonchev–Trinajstić information content (AvgIpc) is 2.68. The minimum absolute atomic E-state index is 0.0639. The average molecular weight is 342 g/mol. The lowest BCUT2D eigenvalue weighted by Gasteiger charge is -2.20. The van der Waals surface area contributed by atoms with Gasteiger partial charge in [0.15, 0.2) is 0 Å². The molecular formula is C16H21ClFN3O2. The largest absolute Gasteiger partial charge is 0.354 e. The first-order chi connectivity index (χ1) is 11.0. The second-order valence-corrected chi connectivity index (χ2v) is 6.19. The van der Waals surface area contributed by atoms with Crippen molar-refractivity contribution in [1.29, 1.82) is 0 Å². The lowest BCUT2D eigenvalue weighted by atomic mass is 10.1. The zero-order valence-electron chi connectivity index (χ0n) is 13.1. The third kappa shape index (κ3) is 5.18. The number of hydrogen-bond donors (Lipinski definition) is 2. The fraction of sp³-hybridized carbons (Fsp3) is 0.500. The van der Waals surface area contributed by atoms with Gasteiger partial charge in [0, 0.05) is 23.7 Å². The number of benzene rings is 1. The van der Waals surface area contributed by atoms with E-state index in [-0.39, 0.29) is 24.9 Å². The second-order valence-electron chi connectivity index (χ2n) is 5.78. The molecule has 0 unspecified atom stereocenters.